The fraction of sp³-hybridized carbons (Fsp3) is 0.875. The maximum atomic E-state index is 10.8. The Hall–Kier alpha value is -0.450. The van der Waals surface area contributed by atoms with Crippen molar-refractivity contribution in [3.05, 3.63) is 0 Å². The van der Waals surface area contributed by atoms with Gasteiger partial charge in [0.25, 0.3) is 0 Å². The van der Waals surface area contributed by atoms with Crippen molar-refractivity contribution in [2.45, 2.75) is 38.8 Å². The molecule has 0 bridgehead atoms. The van der Waals surface area contributed by atoms with Gasteiger partial charge in [0.05, 0.1) is 6.61 Å². The molecule has 0 amide bonds. The van der Waals surface area contributed by atoms with Gasteiger partial charge in [0.15, 0.2) is 11.6 Å². The quantitative estimate of drug-likeness (QED) is 0.644. The number of rotatable bonds is 2. The van der Waals surface area contributed by atoms with E-state index >= 15 is 0 Å². The van der Waals surface area contributed by atoms with E-state index in [0.717, 1.165) is 0 Å². The summed E-state index contributed by atoms with van der Waals surface area (Å²) in [6.07, 6.45) is -1.58. The molecule has 0 unspecified atom stereocenters. The molecule has 1 fully saturated rings. The summed E-state index contributed by atoms with van der Waals surface area (Å²) in [5, 5.41) is 9.30. The van der Waals surface area contributed by atoms with Crippen LogP contribution in [0.4, 0.5) is 0 Å². The Morgan fingerprint density at radius 2 is 2.25 bits per heavy atom. The van der Waals surface area contributed by atoms with Crippen molar-refractivity contribution in [3.8, 4) is 0 Å². The van der Waals surface area contributed by atoms with Crippen LogP contribution in [0.25, 0.3) is 0 Å². The van der Waals surface area contributed by atoms with Gasteiger partial charge >= 0.3 is 0 Å². The molecule has 1 heterocycles. The fourth-order valence-corrected chi connectivity index (χ4v) is 1.13. The van der Waals surface area contributed by atoms with Crippen molar-refractivity contribution >= 4 is 5.78 Å². The molecule has 0 radical (unpaired) electrons. The molecule has 4 heteroatoms. The van der Waals surface area contributed by atoms with Gasteiger partial charge in [0, 0.05) is 0 Å². The van der Waals surface area contributed by atoms with Crippen LogP contribution in [0.5, 0.6) is 0 Å². The molecule has 4 nitrogen and oxygen atoms in total. The van der Waals surface area contributed by atoms with Crippen molar-refractivity contribution in [3.63, 3.8) is 0 Å². The maximum absolute atomic E-state index is 10.8. The van der Waals surface area contributed by atoms with E-state index in [0.29, 0.717) is 0 Å². The van der Waals surface area contributed by atoms with E-state index in [-0.39, 0.29) is 12.4 Å². The second-order valence-corrected chi connectivity index (χ2v) is 3.42. The number of carbonyl (C=O) groups is 1. The molecular weight excluding hydrogens is 160 g/mol. The summed E-state index contributed by atoms with van der Waals surface area (Å²) >= 11 is 0. The number of Topliss-reactive ketones (excluding diaryl/α,β-unsaturated/α-hetero) is 1. The first-order valence-electron chi connectivity index (χ1n) is 3.93. The van der Waals surface area contributed by atoms with Crippen LogP contribution in [-0.4, -0.2) is 35.5 Å². The molecule has 1 saturated heterocycles. The van der Waals surface area contributed by atoms with Gasteiger partial charge in [-0.15, -0.1) is 0 Å². The smallest absolute Gasteiger partial charge is 0.163 e. The largest absolute Gasteiger partial charge is 0.382 e. The molecule has 1 aliphatic heterocycles. The predicted octanol–water partition coefficient (Wildman–Crippen LogP) is 0.0878. The standard InChI is InChI=1S/C8H14O4/c1-5(9)7(10)6-4-11-8(2,3)12-6/h6-7,10H,4H2,1-3H3/t6-,7-/m1/s1. The van der Waals surface area contributed by atoms with Gasteiger partial charge in [-0.2, -0.15) is 0 Å². The van der Waals surface area contributed by atoms with Crippen LogP contribution >= 0.6 is 0 Å². The van der Waals surface area contributed by atoms with Crippen LogP contribution < -0.4 is 0 Å². The Bertz CT molecular complexity index is 187. The SMILES string of the molecule is CC(=O)[C@@H](O)[C@H]1COC(C)(C)O1. The highest BCUT2D eigenvalue weighted by Crippen LogP contribution is 2.24. The van der Waals surface area contributed by atoms with E-state index in [1.54, 1.807) is 13.8 Å². The highest BCUT2D eigenvalue weighted by Gasteiger charge is 2.38. The van der Waals surface area contributed by atoms with Crippen LogP contribution in [-0.2, 0) is 14.3 Å². The van der Waals surface area contributed by atoms with Crippen LogP contribution in [0.2, 0.25) is 0 Å². The Morgan fingerprint density at radius 1 is 1.67 bits per heavy atom. The highest BCUT2D eigenvalue weighted by molar-refractivity contribution is 5.80. The monoisotopic (exact) mass is 174 g/mol. The summed E-state index contributed by atoms with van der Waals surface area (Å²) in [5.41, 5.74) is 0. The lowest BCUT2D eigenvalue weighted by Crippen LogP contribution is -2.35. The van der Waals surface area contributed by atoms with Crippen LogP contribution in [0.1, 0.15) is 20.8 Å². The summed E-state index contributed by atoms with van der Waals surface area (Å²) < 4.78 is 10.5. The number of hydrogen-bond acceptors (Lipinski definition) is 4. The van der Waals surface area contributed by atoms with E-state index in [1.807, 2.05) is 0 Å². The minimum atomic E-state index is -1.06. The average molecular weight is 174 g/mol. The molecule has 0 aliphatic carbocycles. The van der Waals surface area contributed by atoms with Gasteiger partial charge in [0.2, 0.25) is 0 Å². The molecule has 1 aliphatic rings. The molecule has 70 valence electrons. The molecule has 0 aromatic rings. The zero-order chi connectivity index (χ0) is 9.35. The molecule has 1 N–H and O–H groups in total. The van der Waals surface area contributed by atoms with Gasteiger partial charge in [-0.1, -0.05) is 0 Å². The number of ether oxygens (including phenoxy) is 2. The minimum absolute atomic E-state index is 0.272. The Morgan fingerprint density at radius 3 is 2.58 bits per heavy atom. The van der Waals surface area contributed by atoms with E-state index < -0.39 is 18.0 Å². The first kappa shape index (κ1) is 9.64. The maximum Gasteiger partial charge on any atom is 0.163 e. The highest BCUT2D eigenvalue weighted by atomic mass is 16.7. The van der Waals surface area contributed by atoms with Crippen LogP contribution in [0.3, 0.4) is 0 Å². The topological polar surface area (TPSA) is 55.8 Å². The fourth-order valence-electron chi connectivity index (χ4n) is 1.13. The number of aliphatic hydroxyl groups excluding tert-OH is 1. The third-order valence-corrected chi connectivity index (χ3v) is 1.80. The first-order chi connectivity index (χ1) is 5.42. The first-order valence-corrected chi connectivity index (χ1v) is 3.93. The van der Waals surface area contributed by atoms with Gasteiger partial charge in [-0.25, -0.2) is 0 Å². The molecular formula is C8H14O4. The second-order valence-electron chi connectivity index (χ2n) is 3.42. The summed E-state index contributed by atoms with van der Waals surface area (Å²) in [4.78, 5) is 10.8. The summed E-state index contributed by atoms with van der Waals surface area (Å²) in [5.74, 6) is -0.970. The van der Waals surface area contributed by atoms with Gasteiger partial charge < -0.3 is 14.6 Å². The van der Waals surface area contributed by atoms with Crippen LogP contribution in [0, 0.1) is 0 Å². The predicted molar refractivity (Wildman–Crippen MR) is 41.6 cm³/mol. The zero-order valence-corrected chi connectivity index (χ0v) is 7.53. The average Bonchev–Trinajstić information content (AvgIpc) is 2.28. The van der Waals surface area contributed by atoms with Gasteiger partial charge in [0.1, 0.15) is 12.2 Å². The van der Waals surface area contributed by atoms with Crippen LogP contribution in [0.15, 0.2) is 0 Å². The molecule has 2 atom stereocenters. The molecule has 0 spiro atoms. The Labute approximate surface area is 71.5 Å². The third-order valence-electron chi connectivity index (χ3n) is 1.80. The summed E-state index contributed by atoms with van der Waals surface area (Å²) in [7, 11) is 0. The van der Waals surface area contributed by atoms with Gasteiger partial charge in [-0.05, 0) is 20.8 Å². The van der Waals surface area contributed by atoms with E-state index in [1.165, 1.54) is 6.92 Å². The van der Waals surface area contributed by atoms with Crippen molar-refractivity contribution in [2.75, 3.05) is 6.61 Å². The number of ketones is 1. The molecule has 12 heavy (non-hydrogen) atoms. The molecule has 0 aromatic carbocycles. The third kappa shape index (κ3) is 2.03. The summed E-state index contributed by atoms with van der Waals surface area (Å²) in [6, 6.07) is 0. The van der Waals surface area contributed by atoms with Gasteiger partial charge in [-0.3, -0.25) is 4.79 Å². The van der Waals surface area contributed by atoms with Crippen molar-refractivity contribution in [1.29, 1.82) is 0 Å². The second kappa shape index (κ2) is 3.12. The number of carbonyl (C=O) groups excluding carboxylic acids is 1. The van der Waals surface area contributed by atoms with Crippen molar-refractivity contribution in [1.82, 2.24) is 0 Å². The minimum Gasteiger partial charge on any atom is -0.382 e. The van der Waals surface area contributed by atoms with Crippen molar-refractivity contribution < 1.29 is 19.4 Å². The molecule has 0 saturated carbocycles. The van der Waals surface area contributed by atoms with E-state index in [2.05, 4.69) is 0 Å². The Kier molecular flexibility index (Phi) is 2.51. The number of hydrogen-bond donors (Lipinski definition) is 1. The lowest BCUT2D eigenvalue weighted by molar-refractivity contribution is -0.156. The zero-order valence-electron chi connectivity index (χ0n) is 7.53. The summed E-state index contributed by atoms with van der Waals surface area (Å²) in [6.45, 7) is 5.10. The molecule has 0 aromatic heterocycles. The van der Waals surface area contributed by atoms with E-state index in [9.17, 15) is 9.90 Å². The number of aliphatic hydroxyl groups is 1. The van der Waals surface area contributed by atoms with E-state index in [4.69, 9.17) is 9.47 Å². The Balaban J connectivity index is 2.52. The normalized spacial score (nSPS) is 30.2. The van der Waals surface area contributed by atoms with Crippen molar-refractivity contribution in [2.24, 2.45) is 0 Å². The molecule has 1 rings (SSSR count). The lowest BCUT2D eigenvalue weighted by Gasteiger charge is -2.18. The lowest BCUT2D eigenvalue weighted by atomic mass is 10.1.